The molecule has 0 unspecified atom stereocenters. The zero-order valence-corrected chi connectivity index (χ0v) is 14.3. The summed E-state index contributed by atoms with van der Waals surface area (Å²) in [6, 6.07) is 1.92. The minimum absolute atomic E-state index is 0.0375. The van der Waals surface area contributed by atoms with E-state index < -0.39 is 0 Å². The molecule has 0 bridgehead atoms. The number of H-pyrrole nitrogens is 1. The summed E-state index contributed by atoms with van der Waals surface area (Å²) in [6.07, 6.45) is 1.62. The molecule has 0 radical (unpaired) electrons. The largest absolute Gasteiger partial charge is 0.377 e. The van der Waals surface area contributed by atoms with Crippen molar-refractivity contribution in [2.24, 2.45) is 0 Å². The third kappa shape index (κ3) is 2.26. The molecule has 2 aromatic rings. The van der Waals surface area contributed by atoms with Gasteiger partial charge in [0.25, 0.3) is 5.91 Å². The number of likely N-dealkylation sites (tertiary alicyclic amines) is 1. The van der Waals surface area contributed by atoms with Crippen molar-refractivity contribution in [3.63, 3.8) is 0 Å². The molecule has 2 aliphatic rings. The number of nitrogens with zero attached hydrogens (tertiary/aromatic N) is 3. The van der Waals surface area contributed by atoms with Gasteiger partial charge in [-0.2, -0.15) is 4.98 Å². The van der Waals surface area contributed by atoms with Gasteiger partial charge in [-0.15, -0.1) is 0 Å². The maximum Gasteiger partial charge on any atom is 0.255 e. The molecule has 2 saturated heterocycles. The molecule has 128 valence electrons. The average Bonchev–Trinajstić information content (AvgIpc) is 3.24. The number of hydrogen-bond acceptors (Lipinski definition) is 5. The molecule has 7 heteroatoms. The highest BCUT2D eigenvalue weighted by Crippen LogP contribution is 2.43. The number of carbonyl (C=O) groups excluding carboxylic acids is 1. The Morgan fingerprint density at radius 1 is 1.42 bits per heavy atom. The number of rotatable bonds is 2. The number of aryl methyl sites for hydroxylation is 3. The van der Waals surface area contributed by atoms with Gasteiger partial charge in [0, 0.05) is 31.1 Å². The fourth-order valence-electron chi connectivity index (χ4n) is 4.04. The van der Waals surface area contributed by atoms with E-state index in [1.807, 2.05) is 31.7 Å². The van der Waals surface area contributed by atoms with E-state index in [-0.39, 0.29) is 17.4 Å². The standard InChI is InChI=1S/C17H22N4O3/c1-10-8-13(11(2)18-10)15(22)21-6-4-14-17(9-21,5-7-23-14)16-19-12(3)20-24-16/h8,14,18H,4-7,9H2,1-3H3/t14-,17-/m1/s1. The number of aromatic amines is 1. The lowest BCUT2D eigenvalue weighted by molar-refractivity contribution is 0.00821. The maximum atomic E-state index is 13.0. The Hall–Kier alpha value is -2.15. The lowest BCUT2D eigenvalue weighted by Crippen LogP contribution is -2.54. The number of aromatic nitrogens is 3. The summed E-state index contributed by atoms with van der Waals surface area (Å²) in [5, 5.41) is 3.94. The van der Waals surface area contributed by atoms with Crippen LogP contribution in [0.2, 0.25) is 0 Å². The van der Waals surface area contributed by atoms with Gasteiger partial charge < -0.3 is 19.1 Å². The molecule has 7 nitrogen and oxygen atoms in total. The first-order valence-electron chi connectivity index (χ1n) is 8.37. The van der Waals surface area contributed by atoms with E-state index in [0.717, 1.165) is 29.8 Å². The highest BCUT2D eigenvalue weighted by Gasteiger charge is 2.53. The van der Waals surface area contributed by atoms with E-state index in [0.29, 0.717) is 31.4 Å². The number of nitrogens with one attached hydrogen (secondary N) is 1. The van der Waals surface area contributed by atoms with Gasteiger partial charge in [0.15, 0.2) is 5.82 Å². The van der Waals surface area contributed by atoms with Gasteiger partial charge in [0.05, 0.1) is 17.1 Å². The highest BCUT2D eigenvalue weighted by atomic mass is 16.5. The van der Waals surface area contributed by atoms with Crippen LogP contribution in [0, 0.1) is 20.8 Å². The van der Waals surface area contributed by atoms with E-state index in [1.165, 1.54) is 0 Å². The van der Waals surface area contributed by atoms with Crippen LogP contribution in [-0.2, 0) is 10.2 Å². The molecular formula is C17H22N4O3. The monoisotopic (exact) mass is 330 g/mol. The number of fused-ring (bicyclic) bond motifs is 1. The Labute approximate surface area is 140 Å². The first-order valence-corrected chi connectivity index (χ1v) is 8.37. The minimum atomic E-state index is -0.381. The SMILES string of the molecule is Cc1noc([C@@]23CCO[C@@H]2CCN(C(=O)c2cc(C)[nH]c2C)C3)n1. The Balaban J connectivity index is 1.66. The summed E-state index contributed by atoms with van der Waals surface area (Å²) in [7, 11) is 0. The predicted molar refractivity (Wildman–Crippen MR) is 85.9 cm³/mol. The first-order chi connectivity index (χ1) is 11.5. The predicted octanol–water partition coefficient (Wildman–Crippen LogP) is 1.90. The lowest BCUT2D eigenvalue weighted by Gasteiger charge is -2.41. The second-order valence-electron chi connectivity index (χ2n) is 6.92. The van der Waals surface area contributed by atoms with Crippen LogP contribution in [0.5, 0.6) is 0 Å². The first kappa shape index (κ1) is 15.4. The van der Waals surface area contributed by atoms with Crippen LogP contribution >= 0.6 is 0 Å². The van der Waals surface area contributed by atoms with Gasteiger partial charge in [-0.3, -0.25) is 4.79 Å². The van der Waals surface area contributed by atoms with Crippen molar-refractivity contribution in [3.05, 3.63) is 34.7 Å². The highest BCUT2D eigenvalue weighted by molar-refractivity contribution is 5.95. The summed E-state index contributed by atoms with van der Waals surface area (Å²) in [5.74, 6) is 1.27. The normalized spacial score (nSPS) is 26.6. The van der Waals surface area contributed by atoms with Crippen molar-refractivity contribution in [1.82, 2.24) is 20.0 Å². The zero-order valence-electron chi connectivity index (χ0n) is 14.3. The van der Waals surface area contributed by atoms with Gasteiger partial charge in [-0.25, -0.2) is 0 Å². The Morgan fingerprint density at radius 3 is 2.92 bits per heavy atom. The van der Waals surface area contributed by atoms with E-state index in [9.17, 15) is 4.79 Å². The summed E-state index contributed by atoms with van der Waals surface area (Å²) >= 11 is 0. The summed E-state index contributed by atoms with van der Waals surface area (Å²) < 4.78 is 11.4. The van der Waals surface area contributed by atoms with Gasteiger partial charge in [0.2, 0.25) is 5.89 Å². The molecule has 2 fully saturated rings. The molecule has 0 aromatic carbocycles. The molecule has 0 aliphatic carbocycles. The van der Waals surface area contributed by atoms with Gasteiger partial charge >= 0.3 is 0 Å². The van der Waals surface area contributed by atoms with Gasteiger partial charge in [-0.05, 0) is 39.7 Å². The van der Waals surface area contributed by atoms with Crippen molar-refractivity contribution >= 4 is 5.91 Å². The molecular weight excluding hydrogens is 308 g/mol. The van der Waals surface area contributed by atoms with Crippen molar-refractivity contribution in [3.8, 4) is 0 Å². The smallest absolute Gasteiger partial charge is 0.255 e. The Bertz CT molecular complexity index is 781. The molecule has 0 saturated carbocycles. The number of ether oxygens (including phenoxy) is 1. The van der Waals surface area contributed by atoms with E-state index >= 15 is 0 Å². The van der Waals surface area contributed by atoms with Crippen molar-refractivity contribution in [2.75, 3.05) is 19.7 Å². The van der Waals surface area contributed by atoms with Crippen molar-refractivity contribution in [1.29, 1.82) is 0 Å². The van der Waals surface area contributed by atoms with Gasteiger partial charge in [-0.1, -0.05) is 5.16 Å². The zero-order chi connectivity index (χ0) is 16.9. The molecule has 1 amide bonds. The third-order valence-electron chi connectivity index (χ3n) is 5.24. The molecule has 0 spiro atoms. The van der Waals surface area contributed by atoms with Crippen LogP contribution < -0.4 is 0 Å². The third-order valence-corrected chi connectivity index (χ3v) is 5.24. The maximum absolute atomic E-state index is 13.0. The van der Waals surface area contributed by atoms with Crippen molar-refractivity contribution < 1.29 is 14.1 Å². The van der Waals surface area contributed by atoms with Crippen LogP contribution in [0.25, 0.3) is 0 Å². The molecule has 24 heavy (non-hydrogen) atoms. The Kier molecular flexibility index (Phi) is 3.49. The van der Waals surface area contributed by atoms with E-state index in [2.05, 4.69) is 15.1 Å². The second-order valence-corrected chi connectivity index (χ2v) is 6.92. The number of hydrogen-bond donors (Lipinski definition) is 1. The second kappa shape index (κ2) is 5.44. The molecule has 2 aromatic heterocycles. The number of carbonyl (C=O) groups is 1. The van der Waals surface area contributed by atoms with E-state index in [4.69, 9.17) is 9.26 Å². The van der Waals surface area contributed by atoms with Crippen LogP contribution in [0.15, 0.2) is 10.6 Å². The number of amides is 1. The molecule has 1 N–H and O–H groups in total. The quantitative estimate of drug-likeness (QED) is 0.909. The molecule has 2 atom stereocenters. The molecule has 4 heterocycles. The summed E-state index contributed by atoms with van der Waals surface area (Å²) in [5.41, 5.74) is 2.26. The fraction of sp³-hybridized carbons (Fsp3) is 0.588. The minimum Gasteiger partial charge on any atom is -0.377 e. The fourth-order valence-corrected chi connectivity index (χ4v) is 4.04. The molecule has 4 rings (SSSR count). The van der Waals surface area contributed by atoms with Crippen molar-refractivity contribution in [2.45, 2.75) is 45.1 Å². The Morgan fingerprint density at radius 2 is 2.25 bits per heavy atom. The lowest BCUT2D eigenvalue weighted by atomic mass is 9.76. The van der Waals surface area contributed by atoms with Crippen LogP contribution in [0.3, 0.4) is 0 Å². The number of piperidine rings is 1. The topological polar surface area (TPSA) is 84.3 Å². The van der Waals surface area contributed by atoms with E-state index in [1.54, 1.807) is 0 Å². The summed E-state index contributed by atoms with van der Waals surface area (Å²) in [4.78, 5) is 22.6. The van der Waals surface area contributed by atoms with Gasteiger partial charge in [0.1, 0.15) is 0 Å². The molecule has 2 aliphatic heterocycles. The van der Waals surface area contributed by atoms with Crippen LogP contribution in [0.4, 0.5) is 0 Å². The summed E-state index contributed by atoms with van der Waals surface area (Å²) in [6.45, 7) is 7.61. The average molecular weight is 330 g/mol. The van der Waals surface area contributed by atoms with Crippen LogP contribution in [0.1, 0.15) is 46.3 Å². The van der Waals surface area contributed by atoms with Crippen LogP contribution in [-0.4, -0.2) is 51.7 Å².